The fourth-order valence-electron chi connectivity index (χ4n) is 3.04. The number of halogens is 3. The number of hydrogen-bond donors (Lipinski definition) is 1. The van der Waals surface area contributed by atoms with Gasteiger partial charge in [0, 0.05) is 18.7 Å². The Morgan fingerprint density at radius 3 is 2.62 bits per heavy atom. The summed E-state index contributed by atoms with van der Waals surface area (Å²) < 4.78 is 43.2. The molecule has 1 fully saturated rings. The van der Waals surface area contributed by atoms with Crippen molar-refractivity contribution in [1.29, 1.82) is 0 Å². The Bertz CT molecular complexity index is 824. The van der Waals surface area contributed by atoms with E-state index in [0.717, 1.165) is 0 Å². The number of amides is 1. The molecule has 9 heteroatoms. The summed E-state index contributed by atoms with van der Waals surface area (Å²) in [5, 5.41) is 0. The zero-order chi connectivity index (χ0) is 18.9. The number of ether oxygens (including phenoxy) is 1. The number of nitrogens with zero attached hydrogens (tertiary/aromatic N) is 2. The number of imidazole rings is 1. The van der Waals surface area contributed by atoms with Crippen LogP contribution in [0.25, 0.3) is 11.0 Å². The Morgan fingerprint density at radius 1 is 1.31 bits per heavy atom. The summed E-state index contributed by atoms with van der Waals surface area (Å²) in [5.41, 5.74) is 0.587. The van der Waals surface area contributed by atoms with Gasteiger partial charge in [0.1, 0.15) is 0 Å². The van der Waals surface area contributed by atoms with Crippen molar-refractivity contribution in [3.63, 3.8) is 0 Å². The number of esters is 1. The van der Waals surface area contributed by atoms with E-state index in [4.69, 9.17) is 4.74 Å². The second kappa shape index (κ2) is 6.97. The van der Waals surface area contributed by atoms with Gasteiger partial charge in [-0.05, 0) is 38.0 Å². The minimum absolute atomic E-state index is 0.148. The van der Waals surface area contributed by atoms with Crippen LogP contribution in [0, 0.1) is 5.92 Å². The van der Waals surface area contributed by atoms with Crippen LogP contribution in [-0.2, 0) is 15.7 Å². The van der Waals surface area contributed by atoms with Crippen LogP contribution < -0.4 is 0 Å². The van der Waals surface area contributed by atoms with E-state index in [1.807, 2.05) is 0 Å². The number of rotatable bonds is 3. The number of aromatic nitrogens is 2. The molecular weight excluding hydrogens is 351 g/mol. The lowest BCUT2D eigenvalue weighted by atomic mass is 9.96. The topological polar surface area (TPSA) is 75.3 Å². The number of alkyl halides is 3. The highest BCUT2D eigenvalue weighted by Crippen LogP contribution is 2.29. The molecule has 2 heterocycles. The number of hydrogen-bond acceptors (Lipinski definition) is 4. The average molecular weight is 369 g/mol. The van der Waals surface area contributed by atoms with E-state index in [1.54, 1.807) is 11.8 Å². The minimum Gasteiger partial charge on any atom is -0.466 e. The second-order valence-corrected chi connectivity index (χ2v) is 6.13. The van der Waals surface area contributed by atoms with Crippen LogP contribution in [0.5, 0.6) is 0 Å². The standard InChI is InChI=1S/C17H18F3N3O3/c1-2-26-15(25)10-5-7-23(8-6-10)14(24)11-3-4-12-13(9-11)22-16(21-12)17(18,19)20/h3-4,9-10H,2,5-8H2,1H3,(H,21,22). The minimum atomic E-state index is -4.57. The van der Waals surface area contributed by atoms with E-state index in [1.165, 1.54) is 18.2 Å². The predicted octanol–water partition coefficient (Wildman–Crippen LogP) is 3.00. The first-order chi connectivity index (χ1) is 12.3. The Morgan fingerprint density at radius 2 is 2.00 bits per heavy atom. The Hall–Kier alpha value is -2.58. The molecule has 0 radical (unpaired) electrons. The van der Waals surface area contributed by atoms with Gasteiger partial charge < -0.3 is 14.6 Å². The molecule has 0 saturated carbocycles. The van der Waals surface area contributed by atoms with Crippen molar-refractivity contribution in [2.75, 3.05) is 19.7 Å². The normalized spacial score (nSPS) is 16.1. The molecule has 0 unspecified atom stereocenters. The number of likely N-dealkylation sites (tertiary alicyclic amines) is 1. The van der Waals surface area contributed by atoms with Gasteiger partial charge >= 0.3 is 12.1 Å². The zero-order valence-electron chi connectivity index (χ0n) is 14.1. The third-order valence-electron chi connectivity index (χ3n) is 4.40. The molecule has 26 heavy (non-hydrogen) atoms. The molecule has 0 aliphatic carbocycles. The van der Waals surface area contributed by atoms with Gasteiger partial charge in [-0.2, -0.15) is 13.2 Å². The van der Waals surface area contributed by atoms with E-state index in [2.05, 4.69) is 9.97 Å². The summed E-state index contributed by atoms with van der Waals surface area (Å²) >= 11 is 0. The third-order valence-corrected chi connectivity index (χ3v) is 4.40. The molecule has 0 atom stereocenters. The molecule has 1 N–H and O–H groups in total. The van der Waals surface area contributed by atoms with Crippen LogP contribution in [0.15, 0.2) is 18.2 Å². The summed E-state index contributed by atoms with van der Waals surface area (Å²) in [4.78, 5) is 31.6. The van der Waals surface area contributed by atoms with Gasteiger partial charge in [-0.3, -0.25) is 9.59 Å². The van der Waals surface area contributed by atoms with Gasteiger partial charge in [-0.15, -0.1) is 0 Å². The van der Waals surface area contributed by atoms with Gasteiger partial charge in [0.2, 0.25) is 5.82 Å². The molecule has 3 rings (SSSR count). The van der Waals surface area contributed by atoms with E-state index < -0.39 is 12.0 Å². The Labute approximate surface area is 147 Å². The quantitative estimate of drug-likeness (QED) is 0.844. The van der Waals surface area contributed by atoms with Crippen molar-refractivity contribution in [3.8, 4) is 0 Å². The molecule has 1 aromatic heterocycles. The fraction of sp³-hybridized carbons (Fsp3) is 0.471. The van der Waals surface area contributed by atoms with Crippen molar-refractivity contribution in [2.45, 2.75) is 25.9 Å². The smallest absolute Gasteiger partial charge is 0.449 e. The number of benzene rings is 1. The van der Waals surface area contributed by atoms with Gasteiger partial charge in [-0.25, -0.2) is 4.98 Å². The van der Waals surface area contributed by atoms with Crippen LogP contribution in [0.3, 0.4) is 0 Å². The maximum atomic E-state index is 12.7. The molecule has 1 aliphatic heterocycles. The highest BCUT2D eigenvalue weighted by molar-refractivity contribution is 5.97. The van der Waals surface area contributed by atoms with E-state index in [-0.39, 0.29) is 34.4 Å². The summed E-state index contributed by atoms with van der Waals surface area (Å²) in [6, 6.07) is 4.22. The highest BCUT2D eigenvalue weighted by atomic mass is 19.4. The van der Waals surface area contributed by atoms with Gasteiger partial charge in [0.15, 0.2) is 0 Å². The van der Waals surface area contributed by atoms with Gasteiger partial charge in [0.25, 0.3) is 5.91 Å². The molecule has 1 aliphatic rings. The first-order valence-electron chi connectivity index (χ1n) is 8.32. The van der Waals surface area contributed by atoms with Crippen molar-refractivity contribution in [3.05, 3.63) is 29.6 Å². The molecule has 1 aromatic carbocycles. The number of piperidine rings is 1. The molecule has 1 amide bonds. The predicted molar refractivity (Wildman–Crippen MR) is 86.4 cm³/mol. The van der Waals surface area contributed by atoms with Crippen molar-refractivity contribution in [2.24, 2.45) is 5.92 Å². The average Bonchev–Trinajstić information content (AvgIpc) is 3.05. The van der Waals surface area contributed by atoms with Crippen molar-refractivity contribution >= 4 is 22.9 Å². The SMILES string of the molecule is CCOC(=O)C1CCN(C(=O)c2ccc3nc(C(F)(F)F)[nH]c3c2)CC1. The third kappa shape index (κ3) is 3.66. The van der Waals surface area contributed by atoms with Crippen LogP contribution in [0.2, 0.25) is 0 Å². The van der Waals surface area contributed by atoms with E-state index in [0.29, 0.717) is 32.5 Å². The lowest BCUT2D eigenvalue weighted by Gasteiger charge is -2.30. The first kappa shape index (κ1) is 18.2. The van der Waals surface area contributed by atoms with Gasteiger partial charge in [-0.1, -0.05) is 0 Å². The lowest BCUT2D eigenvalue weighted by molar-refractivity contribution is -0.149. The number of fused-ring (bicyclic) bond motifs is 1. The molecule has 6 nitrogen and oxygen atoms in total. The number of H-pyrrole nitrogens is 1. The maximum Gasteiger partial charge on any atom is 0.449 e. The Balaban J connectivity index is 1.71. The number of aromatic amines is 1. The molecule has 2 aromatic rings. The molecule has 0 bridgehead atoms. The maximum absolute atomic E-state index is 12.7. The highest BCUT2D eigenvalue weighted by Gasteiger charge is 2.35. The van der Waals surface area contributed by atoms with Crippen molar-refractivity contribution in [1.82, 2.24) is 14.9 Å². The monoisotopic (exact) mass is 369 g/mol. The number of carbonyl (C=O) groups excluding carboxylic acids is 2. The fourth-order valence-corrected chi connectivity index (χ4v) is 3.04. The molecule has 0 spiro atoms. The number of nitrogens with one attached hydrogen (secondary N) is 1. The van der Waals surface area contributed by atoms with E-state index >= 15 is 0 Å². The van der Waals surface area contributed by atoms with Crippen LogP contribution in [-0.4, -0.2) is 46.4 Å². The van der Waals surface area contributed by atoms with Crippen LogP contribution in [0.1, 0.15) is 35.9 Å². The Kier molecular flexibility index (Phi) is 4.88. The summed E-state index contributed by atoms with van der Waals surface area (Å²) in [6.07, 6.45) is -3.55. The van der Waals surface area contributed by atoms with Crippen molar-refractivity contribution < 1.29 is 27.5 Å². The summed E-state index contributed by atoms with van der Waals surface area (Å²) in [5.74, 6) is -1.84. The zero-order valence-corrected chi connectivity index (χ0v) is 14.1. The lowest BCUT2D eigenvalue weighted by Crippen LogP contribution is -2.40. The summed E-state index contributed by atoms with van der Waals surface area (Å²) in [6.45, 7) is 2.86. The second-order valence-electron chi connectivity index (χ2n) is 6.13. The van der Waals surface area contributed by atoms with Crippen LogP contribution >= 0.6 is 0 Å². The molecule has 1 saturated heterocycles. The van der Waals surface area contributed by atoms with Gasteiger partial charge in [0.05, 0.1) is 23.6 Å². The summed E-state index contributed by atoms with van der Waals surface area (Å²) in [7, 11) is 0. The first-order valence-corrected chi connectivity index (χ1v) is 8.32. The molecular formula is C17H18F3N3O3. The van der Waals surface area contributed by atoms with Crippen LogP contribution in [0.4, 0.5) is 13.2 Å². The number of carbonyl (C=O) groups is 2. The molecule has 140 valence electrons. The largest absolute Gasteiger partial charge is 0.466 e. The van der Waals surface area contributed by atoms with E-state index in [9.17, 15) is 22.8 Å².